The van der Waals surface area contributed by atoms with Crippen molar-refractivity contribution < 1.29 is 4.39 Å². The molecule has 0 bridgehead atoms. The second kappa shape index (κ2) is 5.97. The van der Waals surface area contributed by atoms with Crippen LogP contribution in [0.3, 0.4) is 0 Å². The fourth-order valence-corrected chi connectivity index (χ4v) is 1.94. The zero-order valence-corrected chi connectivity index (χ0v) is 11.6. The van der Waals surface area contributed by atoms with Gasteiger partial charge in [-0.3, -0.25) is 0 Å². The van der Waals surface area contributed by atoms with E-state index < -0.39 is 0 Å². The lowest BCUT2D eigenvalue weighted by molar-refractivity contribution is 0.524. The first kappa shape index (κ1) is 13.7. The van der Waals surface area contributed by atoms with Gasteiger partial charge in [0, 0.05) is 17.3 Å². The predicted octanol–water partition coefficient (Wildman–Crippen LogP) is 3.41. The molecule has 0 amide bonds. The van der Waals surface area contributed by atoms with Gasteiger partial charge in [-0.15, -0.1) is 0 Å². The molecule has 0 saturated heterocycles. The predicted molar refractivity (Wildman–Crippen MR) is 75.3 cm³/mol. The van der Waals surface area contributed by atoms with E-state index in [0.717, 1.165) is 17.9 Å². The maximum absolute atomic E-state index is 13.8. The third-order valence-corrected chi connectivity index (χ3v) is 3.29. The number of aromatic amines is 1. The van der Waals surface area contributed by atoms with Gasteiger partial charge in [0.2, 0.25) is 0 Å². The zero-order valence-electron chi connectivity index (χ0n) is 11.6. The van der Waals surface area contributed by atoms with Crippen molar-refractivity contribution in [2.24, 2.45) is 0 Å². The molecule has 0 aliphatic carbocycles. The van der Waals surface area contributed by atoms with Gasteiger partial charge in [-0.2, -0.15) is 0 Å². The van der Waals surface area contributed by atoms with Crippen molar-refractivity contribution in [2.75, 3.05) is 0 Å². The molecule has 2 N–H and O–H groups in total. The van der Waals surface area contributed by atoms with Gasteiger partial charge in [-0.1, -0.05) is 19.1 Å². The first-order valence-electron chi connectivity index (χ1n) is 6.65. The standard InChI is InChI=1S/C15H20FN3/c1-4-10(2)17-9-14-18-11(3)15(19-14)12-7-5-6-8-13(12)16/h5-8,10,17H,4,9H2,1-3H3,(H,18,19). The molecule has 0 aliphatic heterocycles. The molecule has 1 atom stereocenters. The number of hydrogen-bond donors (Lipinski definition) is 2. The number of H-pyrrole nitrogens is 1. The molecule has 0 radical (unpaired) electrons. The van der Waals surface area contributed by atoms with Crippen molar-refractivity contribution in [2.45, 2.75) is 39.8 Å². The van der Waals surface area contributed by atoms with Crippen LogP contribution in [-0.2, 0) is 6.54 Å². The van der Waals surface area contributed by atoms with Gasteiger partial charge < -0.3 is 10.3 Å². The van der Waals surface area contributed by atoms with E-state index in [0.29, 0.717) is 23.8 Å². The topological polar surface area (TPSA) is 40.7 Å². The van der Waals surface area contributed by atoms with Crippen LogP contribution < -0.4 is 5.32 Å². The Kier molecular flexibility index (Phi) is 4.32. The van der Waals surface area contributed by atoms with Gasteiger partial charge in [0.05, 0.1) is 12.2 Å². The van der Waals surface area contributed by atoms with E-state index in [9.17, 15) is 4.39 Å². The number of aryl methyl sites for hydroxylation is 1. The van der Waals surface area contributed by atoms with E-state index in [1.165, 1.54) is 6.07 Å². The number of halogens is 1. The smallest absolute Gasteiger partial charge is 0.132 e. The van der Waals surface area contributed by atoms with E-state index in [1.807, 2.05) is 13.0 Å². The minimum atomic E-state index is -0.237. The summed E-state index contributed by atoms with van der Waals surface area (Å²) in [6, 6.07) is 7.17. The van der Waals surface area contributed by atoms with Crippen LogP contribution in [0.1, 0.15) is 31.8 Å². The van der Waals surface area contributed by atoms with Gasteiger partial charge in [-0.25, -0.2) is 9.37 Å². The highest BCUT2D eigenvalue weighted by atomic mass is 19.1. The molecule has 1 aromatic carbocycles. The lowest BCUT2D eigenvalue weighted by Gasteiger charge is -2.08. The maximum atomic E-state index is 13.8. The van der Waals surface area contributed by atoms with Crippen LogP contribution in [0.2, 0.25) is 0 Å². The monoisotopic (exact) mass is 261 g/mol. The Bertz CT molecular complexity index is 548. The van der Waals surface area contributed by atoms with Crippen LogP contribution >= 0.6 is 0 Å². The molecule has 1 aromatic heterocycles. The Labute approximate surface area is 113 Å². The van der Waals surface area contributed by atoms with E-state index >= 15 is 0 Å². The number of benzene rings is 1. The fraction of sp³-hybridized carbons (Fsp3) is 0.400. The molecule has 0 fully saturated rings. The second-order valence-electron chi connectivity index (χ2n) is 4.83. The Balaban J connectivity index is 2.20. The van der Waals surface area contributed by atoms with Gasteiger partial charge >= 0.3 is 0 Å². The molecule has 2 aromatic rings. The molecule has 0 aliphatic rings. The molecule has 19 heavy (non-hydrogen) atoms. The molecule has 1 unspecified atom stereocenters. The molecule has 0 saturated carbocycles. The Morgan fingerprint density at radius 3 is 2.79 bits per heavy atom. The molecule has 2 rings (SSSR count). The van der Waals surface area contributed by atoms with E-state index in [-0.39, 0.29) is 5.82 Å². The molecule has 1 heterocycles. The summed E-state index contributed by atoms with van der Waals surface area (Å²) in [5, 5.41) is 3.37. The number of nitrogens with one attached hydrogen (secondary N) is 2. The van der Waals surface area contributed by atoms with Crippen molar-refractivity contribution >= 4 is 0 Å². The van der Waals surface area contributed by atoms with Gasteiger partial charge in [0.15, 0.2) is 0 Å². The average molecular weight is 261 g/mol. The van der Waals surface area contributed by atoms with Crippen molar-refractivity contribution in [3.8, 4) is 11.3 Å². The van der Waals surface area contributed by atoms with Crippen LogP contribution in [0.15, 0.2) is 24.3 Å². The molecule has 4 heteroatoms. The van der Waals surface area contributed by atoms with Crippen LogP contribution in [0.5, 0.6) is 0 Å². The fourth-order valence-electron chi connectivity index (χ4n) is 1.94. The molecular formula is C15H20FN3. The lowest BCUT2D eigenvalue weighted by Crippen LogP contribution is -2.24. The highest BCUT2D eigenvalue weighted by Crippen LogP contribution is 2.23. The number of imidazole rings is 1. The average Bonchev–Trinajstić information content (AvgIpc) is 2.77. The summed E-state index contributed by atoms with van der Waals surface area (Å²) in [5.74, 6) is 0.606. The van der Waals surface area contributed by atoms with E-state index in [2.05, 4.69) is 29.1 Å². The van der Waals surface area contributed by atoms with Crippen molar-refractivity contribution in [1.82, 2.24) is 15.3 Å². The first-order chi connectivity index (χ1) is 9.11. The van der Waals surface area contributed by atoms with Crippen molar-refractivity contribution in [3.63, 3.8) is 0 Å². The normalized spacial score (nSPS) is 12.6. The summed E-state index contributed by atoms with van der Waals surface area (Å²) in [6.45, 7) is 6.86. The summed E-state index contributed by atoms with van der Waals surface area (Å²) in [6.07, 6.45) is 1.07. The van der Waals surface area contributed by atoms with Crippen LogP contribution in [0, 0.1) is 12.7 Å². The molecule has 102 valence electrons. The van der Waals surface area contributed by atoms with Gasteiger partial charge in [0.25, 0.3) is 0 Å². The van der Waals surface area contributed by atoms with Crippen molar-refractivity contribution in [1.29, 1.82) is 0 Å². The lowest BCUT2D eigenvalue weighted by atomic mass is 10.1. The zero-order chi connectivity index (χ0) is 13.8. The molecular weight excluding hydrogens is 241 g/mol. The quantitative estimate of drug-likeness (QED) is 0.866. The van der Waals surface area contributed by atoms with Gasteiger partial charge in [-0.05, 0) is 32.4 Å². The number of hydrogen-bond acceptors (Lipinski definition) is 2. The second-order valence-corrected chi connectivity index (χ2v) is 4.83. The van der Waals surface area contributed by atoms with E-state index in [4.69, 9.17) is 0 Å². The summed E-state index contributed by atoms with van der Waals surface area (Å²) in [7, 11) is 0. The van der Waals surface area contributed by atoms with Crippen LogP contribution in [0.25, 0.3) is 11.3 Å². The Morgan fingerprint density at radius 1 is 1.37 bits per heavy atom. The third-order valence-electron chi connectivity index (χ3n) is 3.29. The minimum absolute atomic E-state index is 0.237. The molecule has 0 spiro atoms. The summed E-state index contributed by atoms with van der Waals surface area (Å²) in [4.78, 5) is 7.70. The highest BCUT2D eigenvalue weighted by molar-refractivity contribution is 5.62. The minimum Gasteiger partial charge on any atom is -0.344 e. The van der Waals surface area contributed by atoms with Crippen LogP contribution in [-0.4, -0.2) is 16.0 Å². The summed E-state index contributed by atoms with van der Waals surface area (Å²) < 4.78 is 13.8. The summed E-state index contributed by atoms with van der Waals surface area (Å²) >= 11 is 0. The van der Waals surface area contributed by atoms with E-state index in [1.54, 1.807) is 12.1 Å². The Hall–Kier alpha value is -1.68. The number of nitrogens with zero attached hydrogens (tertiary/aromatic N) is 1. The van der Waals surface area contributed by atoms with Gasteiger partial charge in [0.1, 0.15) is 11.6 Å². The maximum Gasteiger partial charge on any atom is 0.132 e. The molecule has 3 nitrogen and oxygen atoms in total. The Morgan fingerprint density at radius 2 is 2.11 bits per heavy atom. The highest BCUT2D eigenvalue weighted by Gasteiger charge is 2.12. The number of rotatable bonds is 5. The third kappa shape index (κ3) is 3.20. The SMILES string of the molecule is CCC(C)NCc1nc(-c2ccccc2F)c(C)[nH]1. The summed E-state index contributed by atoms with van der Waals surface area (Å²) in [5.41, 5.74) is 2.14. The first-order valence-corrected chi connectivity index (χ1v) is 6.65. The number of aromatic nitrogens is 2. The largest absolute Gasteiger partial charge is 0.344 e. The van der Waals surface area contributed by atoms with Crippen LogP contribution in [0.4, 0.5) is 4.39 Å². The van der Waals surface area contributed by atoms with Crippen molar-refractivity contribution in [3.05, 3.63) is 41.6 Å².